The van der Waals surface area contributed by atoms with E-state index in [1.807, 2.05) is 20.8 Å². The van der Waals surface area contributed by atoms with Crippen molar-refractivity contribution in [3.8, 4) is 0 Å². The van der Waals surface area contributed by atoms with Gasteiger partial charge in [-0.25, -0.2) is 0 Å². The molecule has 0 radical (unpaired) electrons. The second-order valence-electron chi connectivity index (χ2n) is 4.67. The molecule has 0 aromatic carbocycles. The number of rotatable bonds is 7. The van der Waals surface area contributed by atoms with Crippen LogP contribution < -0.4 is 10.6 Å². The maximum Gasteiger partial charge on any atom is 0.221 e. The third-order valence-electron chi connectivity index (χ3n) is 2.73. The molecule has 0 spiro atoms. The number of carbonyl (C=O) groups is 1. The molecular weight excluding hydrogens is 204 g/mol. The standard InChI is InChI=1S/C12H24N2O2/c1-4-16-11-7-10(8-11)13-6-5-12(15)14-9(2)3/h9-11,13H,4-8H2,1-3H3,(H,14,15). The zero-order chi connectivity index (χ0) is 12.0. The van der Waals surface area contributed by atoms with Gasteiger partial charge in [-0.2, -0.15) is 0 Å². The van der Waals surface area contributed by atoms with Crippen molar-refractivity contribution in [2.75, 3.05) is 13.2 Å². The van der Waals surface area contributed by atoms with E-state index in [0.717, 1.165) is 26.0 Å². The molecule has 1 rings (SSSR count). The molecule has 0 heterocycles. The summed E-state index contributed by atoms with van der Waals surface area (Å²) in [5, 5.41) is 6.25. The van der Waals surface area contributed by atoms with E-state index in [9.17, 15) is 4.79 Å². The van der Waals surface area contributed by atoms with Gasteiger partial charge < -0.3 is 15.4 Å². The summed E-state index contributed by atoms with van der Waals surface area (Å²) in [5.74, 6) is 0.128. The summed E-state index contributed by atoms with van der Waals surface area (Å²) in [6.45, 7) is 7.54. The van der Waals surface area contributed by atoms with Crippen molar-refractivity contribution in [3.05, 3.63) is 0 Å². The quantitative estimate of drug-likeness (QED) is 0.685. The lowest BCUT2D eigenvalue weighted by Gasteiger charge is -2.35. The maximum absolute atomic E-state index is 11.3. The molecule has 2 N–H and O–H groups in total. The van der Waals surface area contributed by atoms with Crippen molar-refractivity contribution >= 4 is 5.91 Å². The van der Waals surface area contributed by atoms with E-state index < -0.39 is 0 Å². The molecule has 1 amide bonds. The Kier molecular flexibility index (Phi) is 5.77. The van der Waals surface area contributed by atoms with Gasteiger partial charge in [-0.15, -0.1) is 0 Å². The molecule has 0 unspecified atom stereocenters. The topological polar surface area (TPSA) is 50.4 Å². The number of hydrogen-bond acceptors (Lipinski definition) is 3. The van der Waals surface area contributed by atoms with Gasteiger partial charge in [0.05, 0.1) is 6.10 Å². The Hall–Kier alpha value is -0.610. The summed E-state index contributed by atoms with van der Waals surface area (Å²) in [7, 11) is 0. The average Bonchev–Trinajstić information content (AvgIpc) is 2.12. The number of carbonyl (C=O) groups excluding carboxylic acids is 1. The molecule has 1 fully saturated rings. The van der Waals surface area contributed by atoms with E-state index in [1.165, 1.54) is 0 Å². The van der Waals surface area contributed by atoms with Crippen LogP contribution in [0.1, 0.15) is 40.0 Å². The van der Waals surface area contributed by atoms with Crippen molar-refractivity contribution < 1.29 is 9.53 Å². The molecule has 94 valence electrons. The average molecular weight is 228 g/mol. The van der Waals surface area contributed by atoms with Gasteiger partial charge in [-0.05, 0) is 33.6 Å². The number of nitrogens with one attached hydrogen (secondary N) is 2. The second kappa shape index (κ2) is 6.86. The largest absolute Gasteiger partial charge is 0.378 e. The third-order valence-corrected chi connectivity index (χ3v) is 2.73. The van der Waals surface area contributed by atoms with Gasteiger partial charge in [-0.3, -0.25) is 4.79 Å². The number of ether oxygens (including phenoxy) is 1. The molecule has 0 aromatic heterocycles. The molecule has 1 aliphatic carbocycles. The highest BCUT2D eigenvalue weighted by atomic mass is 16.5. The number of amides is 1. The van der Waals surface area contributed by atoms with Crippen LogP contribution in [0, 0.1) is 0 Å². The normalized spacial score (nSPS) is 24.2. The molecule has 4 heteroatoms. The van der Waals surface area contributed by atoms with E-state index >= 15 is 0 Å². The highest BCUT2D eigenvalue weighted by Crippen LogP contribution is 2.22. The first-order chi connectivity index (χ1) is 7.61. The lowest BCUT2D eigenvalue weighted by Crippen LogP contribution is -2.46. The van der Waals surface area contributed by atoms with Crippen LogP contribution >= 0.6 is 0 Å². The maximum atomic E-state index is 11.3. The van der Waals surface area contributed by atoms with Crippen molar-refractivity contribution in [1.82, 2.24) is 10.6 Å². The summed E-state index contributed by atoms with van der Waals surface area (Å²) < 4.78 is 5.47. The summed E-state index contributed by atoms with van der Waals surface area (Å²) >= 11 is 0. The van der Waals surface area contributed by atoms with Gasteiger partial charge in [0.25, 0.3) is 0 Å². The molecule has 1 saturated carbocycles. The van der Waals surface area contributed by atoms with E-state index in [0.29, 0.717) is 18.6 Å². The summed E-state index contributed by atoms with van der Waals surface area (Å²) in [6.07, 6.45) is 3.17. The second-order valence-corrected chi connectivity index (χ2v) is 4.67. The fourth-order valence-corrected chi connectivity index (χ4v) is 1.89. The van der Waals surface area contributed by atoms with E-state index in [1.54, 1.807) is 0 Å². The van der Waals surface area contributed by atoms with Gasteiger partial charge in [0, 0.05) is 31.7 Å². The van der Waals surface area contributed by atoms with Gasteiger partial charge in [0.15, 0.2) is 0 Å². The minimum Gasteiger partial charge on any atom is -0.378 e. The Bertz CT molecular complexity index is 213. The van der Waals surface area contributed by atoms with Crippen molar-refractivity contribution in [3.63, 3.8) is 0 Å². The van der Waals surface area contributed by atoms with Crippen molar-refractivity contribution in [1.29, 1.82) is 0 Å². The van der Waals surface area contributed by atoms with Crippen LogP contribution in [-0.2, 0) is 9.53 Å². The summed E-state index contributed by atoms with van der Waals surface area (Å²) in [4.78, 5) is 11.3. The van der Waals surface area contributed by atoms with Crippen LogP contribution in [0.2, 0.25) is 0 Å². The van der Waals surface area contributed by atoms with E-state index in [4.69, 9.17) is 4.74 Å². The Morgan fingerprint density at radius 1 is 1.44 bits per heavy atom. The summed E-state index contributed by atoms with van der Waals surface area (Å²) in [5.41, 5.74) is 0. The zero-order valence-corrected chi connectivity index (χ0v) is 10.6. The van der Waals surface area contributed by atoms with E-state index in [2.05, 4.69) is 10.6 Å². The van der Waals surface area contributed by atoms with Gasteiger partial charge >= 0.3 is 0 Å². The van der Waals surface area contributed by atoms with Crippen LogP contribution in [-0.4, -0.2) is 37.2 Å². The highest BCUT2D eigenvalue weighted by Gasteiger charge is 2.28. The highest BCUT2D eigenvalue weighted by molar-refractivity contribution is 5.76. The van der Waals surface area contributed by atoms with Gasteiger partial charge in [-0.1, -0.05) is 0 Å². The van der Waals surface area contributed by atoms with Gasteiger partial charge in [0.2, 0.25) is 5.91 Å². The molecule has 0 aromatic rings. The summed E-state index contributed by atoms with van der Waals surface area (Å²) in [6, 6.07) is 0.780. The van der Waals surface area contributed by atoms with Crippen LogP contribution in [0.4, 0.5) is 0 Å². The molecule has 0 saturated heterocycles. The van der Waals surface area contributed by atoms with Crippen molar-refractivity contribution in [2.45, 2.75) is 58.2 Å². The molecule has 16 heavy (non-hydrogen) atoms. The first kappa shape index (κ1) is 13.5. The van der Waals surface area contributed by atoms with Gasteiger partial charge in [0.1, 0.15) is 0 Å². The Balaban J connectivity index is 1.95. The minimum atomic E-state index is 0.128. The fourth-order valence-electron chi connectivity index (χ4n) is 1.89. The lowest BCUT2D eigenvalue weighted by atomic mass is 9.89. The predicted octanol–water partition coefficient (Wildman–Crippen LogP) is 1.06. The SMILES string of the molecule is CCOC1CC(NCCC(=O)NC(C)C)C1. The van der Waals surface area contributed by atoms with Crippen LogP contribution in [0.25, 0.3) is 0 Å². The number of hydrogen-bond donors (Lipinski definition) is 2. The molecular formula is C12H24N2O2. The molecule has 0 bridgehead atoms. The predicted molar refractivity (Wildman–Crippen MR) is 64.3 cm³/mol. The molecule has 1 aliphatic rings. The van der Waals surface area contributed by atoms with Crippen molar-refractivity contribution in [2.24, 2.45) is 0 Å². The van der Waals surface area contributed by atoms with Crippen LogP contribution in [0.3, 0.4) is 0 Å². The van der Waals surface area contributed by atoms with Crippen LogP contribution in [0.5, 0.6) is 0 Å². The monoisotopic (exact) mass is 228 g/mol. The Labute approximate surface area is 98.1 Å². The van der Waals surface area contributed by atoms with E-state index in [-0.39, 0.29) is 11.9 Å². The lowest BCUT2D eigenvalue weighted by molar-refractivity contribution is -0.121. The Morgan fingerprint density at radius 3 is 2.69 bits per heavy atom. The third kappa shape index (κ3) is 4.94. The molecule has 4 nitrogen and oxygen atoms in total. The zero-order valence-electron chi connectivity index (χ0n) is 10.6. The fraction of sp³-hybridized carbons (Fsp3) is 0.917. The first-order valence-corrected chi connectivity index (χ1v) is 6.26. The minimum absolute atomic E-state index is 0.128. The Morgan fingerprint density at radius 2 is 2.12 bits per heavy atom. The molecule has 0 aliphatic heterocycles. The molecule has 0 atom stereocenters. The first-order valence-electron chi connectivity index (χ1n) is 6.26. The smallest absolute Gasteiger partial charge is 0.221 e. The van der Waals surface area contributed by atoms with Crippen LogP contribution in [0.15, 0.2) is 0 Å².